The Kier molecular flexibility index (Phi) is 6.71. The Morgan fingerprint density at radius 2 is 1.70 bits per heavy atom. The lowest BCUT2D eigenvalue weighted by Gasteiger charge is -2.35. The first kappa shape index (κ1) is 17.2. The zero-order chi connectivity index (χ0) is 13.8. The van der Waals surface area contributed by atoms with Gasteiger partial charge in [-0.2, -0.15) is 0 Å². The van der Waals surface area contributed by atoms with Crippen LogP contribution in [0.3, 0.4) is 0 Å². The van der Waals surface area contributed by atoms with Gasteiger partial charge in [0.2, 0.25) is 11.8 Å². The van der Waals surface area contributed by atoms with Crippen LogP contribution in [0.5, 0.6) is 0 Å². The lowest BCUT2D eigenvalue weighted by Crippen LogP contribution is -2.52. The molecule has 2 saturated heterocycles. The lowest BCUT2D eigenvalue weighted by atomic mass is 10.3. The van der Waals surface area contributed by atoms with Crippen molar-refractivity contribution in [1.82, 2.24) is 20.0 Å². The molecule has 2 heterocycles. The molecule has 1 N–H and O–H groups in total. The van der Waals surface area contributed by atoms with Gasteiger partial charge in [-0.3, -0.25) is 14.5 Å². The Morgan fingerprint density at radius 3 is 2.20 bits per heavy atom. The molecule has 0 saturated carbocycles. The van der Waals surface area contributed by atoms with Crippen molar-refractivity contribution in [3.05, 3.63) is 0 Å². The summed E-state index contributed by atoms with van der Waals surface area (Å²) in [6.45, 7) is 6.71. The first-order valence-electron chi connectivity index (χ1n) is 7.03. The van der Waals surface area contributed by atoms with E-state index in [1.165, 1.54) is 0 Å². The largest absolute Gasteiger partial charge is 0.339 e. The average molecular weight is 305 g/mol. The van der Waals surface area contributed by atoms with Crippen LogP contribution in [0, 0.1) is 0 Å². The Balaban J connectivity index is 0.00000200. The molecule has 116 valence electrons. The van der Waals surface area contributed by atoms with Crippen LogP contribution in [0.4, 0.5) is 0 Å². The fraction of sp³-hybridized carbons (Fsp3) is 0.846. The Morgan fingerprint density at radius 1 is 1.10 bits per heavy atom. The van der Waals surface area contributed by atoms with Crippen molar-refractivity contribution in [3.8, 4) is 0 Å². The molecular weight excluding hydrogens is 280 g/mol. The Bertz CT molecular complexity index is 345. The molecule has 0 aromatic carbocycles. The number of halogens is 1. The van der Waals surface area contributed by atoms with Crippen molar-refractivity contribution in [2.75, 3.05) is 52.9 Å². The summed E-state index contributed by atoms with van der Waals surface area (Å²) in [7, 11) is 1.97. The molecule has 0 bridgehead atoms. The molecule has 0 aromatic heterocycles. The number of nitrogens with one attached hydrogen (secondary N) is 1. The van der Waals surface area contributed by atoms with E-state index in [4.69, 9.17) is 0 Å². The Hall–Kier alpha value is -0.850. The van der Waals surface area contributed by atoms with Gasteiger partial charge in [-0.25, -0.2) is 0 Å². The molecule has 0 radical (unpaired) electrons. The summed E-state index contributed by atoms with van der Waals surface area (Å²) in [5.41, 5.74) is 0. The molecule has 1 unspecified atom stereocenters. The minimum atomic E-state index is 0. The predicted octanol–water partition coefficient (Wildman–Crippen LogP) is -0.607. The number of hydrogen-bond donors (Lipinski definition) is 1. The van der Waals surface area contributed by atoms with E-state index in [-0.39, 0.29) is 24.2 Å². The van der Waals surface area contributed by atoms with E-state index in [2.05, 4.69) is 10.2 Å². The first-order chi connectivity index (χ1) is 9.10. The summed E-state index contributed by atoms with van der Waals surface area (Å²) in [4.78, 5) is 29.3. The van der Waals surface area contributed by atoms with Crippen LogP contribution < -0.4 is 5.32 Å². The molecule has 1 atom stereocenters. The monoisotopic (exact) mass is 304 g/mol. The summed E-state index contributed by atoms with van der Waals surface area (Å²) in [6, 6.07) is 0.516. The van der Waals surface area contributed by atoms with Gasteiger partial charge in [0, 0.05) is 52.2 Å². The molecule has 2 aliphatic heterocycles. The SMILES string of the molecule is CNC1CCN(CC(=O)N2CCN(C(C)=O)CC2)C1.Cl. The van der Waals surface area contributed by atoms with Crippen molar-refractivity contribution in [2.45, 2.75) is 19.4 Å². The molecule has 0 aromatic rings. The molecule has 2 amide bonds. The minimum Gasteiger partial charge on any atom is -0.339 e. The van der Waals surface area contributed by atoms with Crippen LogP contribution in [0.1, 0.15) is 13.3 Å². The lowest BCUT2D eigenvalue weighted by molar-refractivity contribution is -0.139. The maximum Gasteiger partial charge on any atom is 0.236 e. The van der Waals surface area contributed by atoms with Crippen molar-refractivity contribution < 1.29 is 9.59 Å². The molecule has 0 spiro atoms. The fourth-order valence-corrected chi connectivity index (χ4v) is 2.77. The fourth-order valence-electron chi connectivity index (χ4n) is 2.77. The van der Waals surface area contributed by atoms with Crippen molar-refractivity contribution in [3.63, 3.8) is 0 Å². The maximum atomic E-state index is 12.2. The quantitative estimate of drug-likeness (QED) is 0.756. The highest BCUT2D eigenvalue weighted by Gasteiger charge is 2.27. The predicted molar refractivity (Wildman–Crippen MR) is 80.0 cm³/mol. The molecule has 7 heteroatoms. The standard InChI is InChI=1S/C13H24N4O2.ClH/c1-11(18)16-5-7-17(8-6-16)13(19)10-15-4-3-12(9-15)14-2;/h12,14H,3-10H2,1-2H3;1H. The number of carbonyl (C=O) groups is 2. The van der Waals surface area contributed by atoms with Gasteiger partial charge in [-0.05, 0) is 13.5 Å². The third-order valence-corrected chi connectivity index (χ3v) is 4.12. The average Bonchev–Trinajstić information content (AvgIpc) is 2.86. The summed E-state index contributed by atoms with van der Waals surface area (Å²) >= 11 is 0. The molecule has 2 fully saturated rings. The van der Waals surface area contributed by atoms with Crippen LogP contribution in [0.25, 0.3) is 0 Å². The highest BCUT2D eigenvalue weighted by Crippen LogP contribution is 2.10. The molecule has 20 heavy (non-hydrogen) atoms. The number of hydrogen-bond acceptors (Lipinski definition) is 4. The van der Waals surface area contributed by atoms with Crippen molar-refractivity contribution >= 4 is 24.2 Å². The van der Waals surface area contributed by atoms with Crippen LogP contribution in [0.2, 0.25) is 0 Å². The van der Waals surface area contributed by atoms with Gasteiger partial charge in [0.15, 0.2) is 0 Å². The third kappa shape index (κ3) is 4.33. The summed E-state index contributed by atoms with van der Waals surface area (Å²) in [5.74, 6) is 0.295. The molecule has 2 rings (SSSR count). The smallest absolute Gasteiger partial charge is 0.236 e. The second-order valence-electron chi connectivity index (χ2n) is 5.40. The van der Waals surface area contributed by atoms with Crippen LogP contribution in [0.15, 0.2) is 0 Å². The number of piperazine rings is 1. The minimum absolute atomic E-state index is 0. The number of nitrogens with zero attached hydrogens (tertiary/aromatic N) is 3. The van der Waals surface area contributed by atoms with Gasteiger partial charge in [0.05, 0.1) is 6.54 Å². The number of rotatable bonds is 3. The van der Waals surface area contributed by atoms with Crippen molar-refractivity contribution in [1.29, 1.82) is 0 Å². The van der Waals surface area contributed by atoms with E-state index < -0.39 is 0 Å². The molecule has 6 nitrogen and oxygen atoms in total. The van der Waals surface area contributed by atoms with Crippen LogP contribution >= 0.6 is 12.4 Å². The van der Waals surface area contributed by atoms with Crippen molar-refractivity contribution in [2.24, 2.45) is 0 Å². The van der Waals surface area contributed by atoms with Gasteiger partial charge in [-0.1, -0.05) is 0 Å². The molecule has 2 aliphatic rings. The van der Waals surface area contributed by atoms with E-state index in [0.29, 0.717) is 38.8 Å². The van der Waals surface area contributed by atoms with Crippen LogP contribution in [-0.2, 0) is 9.59 Å². The summed E-state index contributed by atoms with van der Waals surface area (Å²) < 4.78 is 0. The molecular formula is C13H25ClN4O2. The van der Waals surface area contributed by atoms with Gasteiger partial charge >= 0.3 is 0 Å². The number of likely N-dealkylation sites (N-methyl/N-ethyl adjacent to an activating group) is 1. The van der Waals surface area contributed by atoms with E-state index in [0.717, 1.165) is 19.5 Å². The number of carbonyl (C=O) groups excluding carboxylic acids is 2. The highest BCUT2D eigenvalue weighted by molar-refractivity contribution is 5.85. The highest BCUT2D eigenvalue weighted by atomic mass is 35.5. The maximum absolute atomic E-state index is 12.2. The first-order valence-corrected chi connectivity index (χ1v) is 7.03. The summed E-state index contributed by atoms with van der Waals surface area (Å²) in [6.07, 6.45) is 1.11. The van der Waals surface area contributed by atoms with E-state index in [1.807, 2.05) is 11.9 Å². The second kappa shape index (κ2) is 7.81. The second-order valence-corrected chi connectivity index (χ2v) is 5.40. The van der Waals surface area contributed by atoms with Gasteiger partial charge in [0.25, 0.3) is 0 Å². The topological polar surface area (TPSA) is 55.9 Å². The van der Waals surface area contributed by atoms with E-state index in [1.54, 1.807) is 11.8 Å². The van der Waals surface area contributed by atoms with E-state index in [9.17, 15) is 9.59 Å². The third-order valence-electron chi connectivity index (χ3n) is 4.12. The van der Waals surface area contributed by atoms with Gasteiger partial charge < -0.3 is 15.1 Å². The molecule has 0 aliphatic carbocycles. The number of amides is 2. The van der Waals surface area contributed by atoms with Gasteiger partial charge in [0.1, 0.15) is 0 Å². The normalized spacial score (nSPS) is 23.6. The number of likely N-dealkylation sites (tertiary alicyclic amines) is 1. The zero-order valence-electron chi connectivity index (χ0n) is 12.3. The van der Waals surface area contributed by atoms with E-state index >= 15 is 0 Å². The summed E-state index contributed by atoms with van der Waals surface area (Å²) in [5, 5.41) is 3.25. The van der Waals surface area contributed by atoms with Crippen LogP contribution in [-0.4, -0.2) is 85.4 Å². The zero-order valence-corrected chi connectivity index (χ0v) is 13.1. The Labute approximate surface area is 126 Å². The van der Waals surface area contributed by atoms with Gasteiger partial charge in [-0.15, -0.1) is 12.4 Å².